The van der Waals surface area contributed by atoms with Crippen LogP contribution >= 0.6 is 34.8 Å². The average molecular weight is 492 g/mol. The van der Waals surface area contributed by atoms with Gasteiger partial charge in [-0.05, 0) is 36.4 Å². The highest BCUT2D eigenvalue weighted by Gasteiger charge is 2.21. The Morgan fingerprint density at radius 3 is 2.31 bits per heavy atom. The van der Waals surface area contributed by atoms with E-state index in [9.17, 15) is 9.59 Å². The number of aliphatic imine (C=N–C) groups is 1. The molecule has 0 fully saturated rings. The van der Waals surface area contributed by atoms with Gasteiger partial charge in [0, 0.05) is 45.3 Å². The first-order chi connectivity index (χ1) is 15.2. The second-order valence-electron chi connectivity index (χ2n) is 6.92. The van der Waals surface area contributed by atoms with E-state index in [0.717, 1.165) is 0 Å². The van der Waals surface area contributed by atoms with Crippen molar-refractivity contribution in [1.82, 2.24) is 4.98 Å². The van der Waals surface area contributed by atoms with Crippen molar-refractivity contribution in [2.24, 2.45) is 10.9 Å². The minimum absolute atomic E-state index is 0.00205. The van der Waals surface area contributed by atoms with Gasteiger partial charge in [0.2, 0.25) is 0 Å². The van der Waals surface area contributed by atoms with Gasteiger partial charge in [0.1, 0.15) is 0 Å². The molecule has 0 aliphatic rings. The summed E-state index contributed by atoms with van der Waals surface area (Å²) >= 11 is 18.3. The third kappa shape index (κ3) is 6.29. The summed E-state index contributed by atoms with van der Waals surface area (Å²) in [6.45, 7) is 3.36. The second-order valence-corrected chi connectivity index (χ2v) is 8.22. The maximum atomic E-state index is 12.6. The molecule has 0 aliphatic heterocycles. The Hall–Kier alpha value is -2.93. The fraction of sp³-hybridized carbons (Fsp3) is 0.130. The van der Waals surface area contributed by atoms with Crippen LogP contribution in [0.4, 0.5) is 5.69 Å². The summed E-state index contributed by atoms with van der Waals surface area (Å²) in [7, 11) is 0. The zero-order valence-electron chi connectivity index (χ0n) is 17.0. The van der Waals surface area contributed by atoms with Gasteiger partial charge in [-0.1, -0.05) is 48.7 Å². The molecule has 1 heterocycles. The standard InChI is InChI=1S/C23H17Cl3N2O4/c1-13(2)22(29)32-21-15(12-28-19-8-17(25)7-18(26)9-19)6-16(24)10-20(21)31-23(30)14-4-3-5-27-11-14/h3-13H,1-2H3. The number of aromatic nitrogens is 1. The molecule has 3 rings (SSSR count). The predicted octanol–water partition coefficient (Wildman–Crippen LogP) is 6.57. The van der Waals surface area contributed by atoms with Gasteiger partial charge in [-0.2, -0.15) is 0 Å². The number of halogens is 3. The quantitative estimate of drug-likeness (QED) is 0.221. The van der Waals surface area contributed by atoms with Gasteiger partial charge in [-0.3, -0.25) is 14.8 Å². The van der Waals surface area contributed by atoms with Crippen molar-refractivity contribution < 1.29 is 19.1 Å². The third-order valence-corrected chi connectivity index (χ3v) is 4.68. The lowest BCUT2D eigenvalue weighted by Crippen LogP contribution is -2.17. The molecule has 0 N–H and O–H groups in total. The molecule has 0 atom stereocenters. The van der Waals surface area contributed by atoms with Crippen molar-refractivity contribution in [1.29, 1.82) is 0 Å². The third-order valence-electron chi connectivity index (χ3n) is 4.02. The molecule has 6 nitrogen and oxygen atoms in total. The second kappa shape index (κ2) is 10.6. The Bertz CT molecular complexity index is 1160. The first-order valence-corrected chi connectivity index (χ1v) is 10.5. The van der Waals surface area contributed by atoms with Crippen LogP contribution in [-0.4, -0.2) is 23.1 Å². The Morgan fingerprint density at radius 1 is 1.00 bits per heavy atom. The van der Waals surface area contributed by atoms with E-state index in [1.54, 1.807) is 44.2 Å². The zero-order valence-corrected chi connectivity index (χ0v) is 19.3. The summed E-state index contributed by atoms with van der Waals surface area (Å²) in [5.74, 6) is -1.67. The number of hydrogen-bond donors (Lipinski definition) is 0. The molecule has 0 radical (unpaired) electrons. The van der Waals surface area contributed by atoms with Crippen LogP contribution in [-0.2, 0) is 4.79 Å². The zero-order chi connectivity index (χ0) is 23.3. The minimum atomic E-state index is -0.688. The van der Waals surface area contributed by atoms with Crippen LogP contribution in [0.25, 0.3) is 0 Å². The highest BCUT2D eigenvalue weighted by Crippen LogP contribution is 2.36. The Morgan fingerprint density at radius 2 is 1.69 bits per heavy atom. The van der Waals surface area contributed by atoms with E-state index in [0.29, 0.717) is 21.3 Å². The number of pyridine rings is 1. The van der Waals surface area contributed by atoms with Gasteiger partial charge in [-0.15, -0.1) is 0 Å². The largest absolute Gasteiger partial charge is 0.422 e. The Labute approximate surface area is 199 Å². The lowest BCUT2D eigenvalue weighted by molar-refractivity contribution is -0.137. The topological polar surface area (TPSA) is 77.9 Å². The molecule has 9 heteroatoms. The summed E-state index contributed by atoms with van der Waals surface area (Å²) in [6.07, 6.45) is 4.30. The summed E-state index contributed by atoms with van der Waals surface area (Å²) in [4.78, 5) is 33.1. The Balaban J connectivity index is 2.04. The maximum Gasteiger partial charge on any atom is 0.345 e. The smallest absolute Gasteiger partial charge is 0.345 e. The molecule has 164 valence electrons. The summed E-state index contributed by atoms with van der Waals surface area (Å²) in [5, 5.41) is 1.07. The van der Waals surface area contributed by atoms with Crippen LogP contribution in [0.3, 0.4) is 0 Å². The van der Waals surface area contributed by atoms with Crippen molar-refractivity contribution in [2.75, 3.05) is 0 Å². The lowest BCUT2D eigenvalue weighted by atomic mass is 10.1. The van der Waals surface area contributed by atoms with E-state index in [4.69, 9.17) is 44.3 Å². The van der Waals surface area contributed by atoms with Crippen molar-refractivity contribution in [3.05, 3.63) is 81.1 Å². The normalized spacial score (nSPS) is 11.1. The fourth-order valence-electron chi connectivity index (χ4n) is 2.49. The van der Waals surface area contributed by atoms with Crippen LogP contribution in [0.2, 0.25) is 15.1 Å². The fourth-order valence-corrected chi connectivity index (χ4v) is 3.22. The Kier molecular flexibility index (Phi) is 7.85. The number of nitrogens with zero attached hydrogens (tertiary/aromatic N) is 2. The molecule has 32 heavy (non-hydrogen) atoms. The van der Waals surface area contributed by atoms with Gasteiger partial charge in [0.05, 0.1) is 17.2 Å². The van der Waals surface area contributed by atoms with Crippen molar-refractivity contribution in [2.45, 2.75) is 13.8 Å². The van der Waals surface area contributed by atoms with Gasteiger partial charge in [-0.25, -0.2) is 4.79 Å². The minimum Gasteiger partial charge on any atom is -0.422 e. The molecule has 2 aromatic carbocycles. The van der Waals surface area contributed by atoms with Crippen LogP contribution in [0.5, 0.6) is 11.5 Å². The predicted molar refractivity (Wildman–Crippen MR) is 125 cm³/mol. The van der Waals surface area contributed by atoms with Gasteiger partial charge in [0.25, 0.3) is 0 Å². The summed E-state index contributed by atoms with van der Waals surface area (Å²) < 4.78 is 11.0. The average Bonchev–Trinajstić information content (AvgIpc) is 2.74. The first-order valence-electron chi connectivity index (χ1n) is 9.40. The highest BCUT2D eigenvalue weighted by atomic mass is 35.5. The lowest BCUT2D eigenvalue weighted by Gasteiger charge is -2.15. The van der Waals surface area contributed by atoms with Crippen LogP contribution < -0.4 is 9.47 Å². The molecule has 0 saturated carbocycles. The maximum absolute atomic E-state index is 12.6. The number of benzene rings is 2. The van der Waals surface area contributed by atoms with E-state index in [1.807, 2.05) is 0 Å². The first kappa shape index (κ1) is 23.7. The van der Waals surface area contributed by atoms with Crippen LogP contribution in [0.15, 0.2) is 59.9 Å². The number of carbonyl (C=O) groups is 2. The van der Waals surface area contributed by atoms with E-state index in [-0.39, 0.29) is 22.1 Å². The van der Waals surface area contributed by atoms with Crippen LogP contribution in [0.1, 0.15) is 29.8 Å². The van der Waals surface area contributed by atoms with E-state index in [2.05, 4.69) is 9.98 Å². The van der Waals surface area contributed by atoms with Crippen molar-refractivity contribution in [3.8, 4) is 11.5 Å². The van der Waals surface area contributed by atoms with Gasteiger partial charge < -0.3 is 9.47 Å². The molecule has 1 aromatic heterocycles. The number of rotatable bonds is 6. The van der Waals surface area contributed by atoms with E-state index >= 15 is 0 Å². The summed E-state index contributed by atoms with van der Waals surface area (Å²) in [6, 6.07) is 10.9. The number of hydrogen-bond acceptors (Lipinski definition) is 6. The van der Waals surface area contributed by atoms with Crippen LogP contribution in [0, 0.1) is 5.92 Å². The molecule has 3 aromatic rings. The molecular weight excluding hydrogens is 475 g/mol. The summed E-state index contributed by atoms with van der Waals surface area (Å²) in [5.41, 5.74) is 1.01. The van der Waals surface area contributed by atoms with Gasteiger partial charge >= 0.3 is 11.9 Å². The molecule has 0 aliphatic carbocycles. The molecular formula is C23H17Cl3N2O4. The van der Waals surface area contributed by atoms with Gasteiger partial charge in [0.15, 0.2) is 11.5 Å². The van der Waals surface area contributed by atoms with E-state index < -0.39 is 17.9 Å². The van der Waals surface area contributed by atoms with Crippen molar-refractivity contribution >= 4 is 58.6 Å². The van der Waals surface area contributed by atoms with E-state index in [1.165, 1.54) is 30.7 Å². The monoisotopic (exact) mass is 490 g/mol. The molecule has 0 saturated heterocycles. The molecule has 0 bridgehead atoms. The van der Waals surface area contributed by atoms with Crippen molar-refractivity contribution in [3.63, 3.8) is 0 Å². The highest BCUT2D eigenvalue weighted by molar-refractivity contribution is 6.35. The number of esters is 2. The number of carbonyl (C=O) groups excluding carboxylic acids is 2. The SMILES string of the molecule is CC(C)C(=O)Oc1c(C=Nc2cc(Cl)cc(Cl)c2)cc(Cl)cc1OC(=O)c1cccnc1. The molecule has 0 unspecified atom stereocenters. The molecule has 0 amide bonds. The molecule has 0 spiro atoms. The number of ether oxygens (including phenoxy) is 2.